The zero-order valence-corrected chi connectivity index (χ0v) is 11.2. The van der Waals surface area contributed by atoms with Crippen LogP contribution >= 0.6 is 0 Å². The van der Waals surface area contributed by atoms with E-state index in [-0.39, 0.29) is 11.8 Å². The molecule has 3 N–H and O–H groups in total. The molecule has 5 nitrogen and oxygen atoms in total. The average Bonchev–Trinajstić information content (AvgIpc) is 2.96. The number of amides is 1. The Morgan fingerprint density at radius 3 is 2.89 bits per heavy atom. The normalized spacial score (nSPS) is 33.4. The van der Waals surface area contributed by atoms with Crippen molar-refractivity contribution >= 4 is 5.91 Å². The van der Waals surface area contributed by atoms with Crippen molar-refractivity contribution in [1.29, 1.82) is 0 Å². The highest BCUT2D eigenvalue weighted by atomic mass is 16.5. The summed E-state index contributed by atoms with van der Waals surface area (Å²) in [5, 5.41) is 16.4. The van der Waals surface area contributed by atoms with Crippen molar-refractivity contribution in [3.05, 3.63) is 0 Å². The van der Waals surface area contributed by atoms with E-state index in [9.17, 15) is 9.90 Å². The van der Waals surface area contributed by atoms with Crippen molar-refractivity contribution in [2.24, 2.45) is 5.92 Å². The highest BCUT2D eigenvalue weighted by molar-refractivity contribution is 5.80. The van der Waals surface area contributed by atoms with Crippen molar-refractivity contribution < 1.29 is 14.6 Å². The highest BCUT2D eigenvalue weighted by Gasteiger charge is 2.42. The summed E-state index contributed by atoms with van der Waals surface area (Å²) >= 11 is 0. The van der Waals surface area contributed by atoms with Crippen molar-refractivity contribution in [3.8, 4) is 0 Å². The summed E-state index contributed by atoms with van der Waals surface area (Å²) in [5.74, 6) is 0.161. The first kappa shape index (κ1) is 13.8. The summed E-state index contributed by atoms with van der Waals surface area (Å²) < 4.78 is 4.94. The van der Waals surface area contributed by atoms with Gasteiger partial charge in [0.05, 0.1) is 11.5 Å². The highest BCUT2D eigenvalue weighted by Crippen LogP contribution is 2.33. The molecule has 2 fully saturated rings. The third kappa shape index (κ3) is 3.22. The van der Waals surface area contributed by atoms with Gasteiger partial charge in [0.15, 0.2) is 0 Å². The van der Waals surface area contributed by atoms with Crippen molar-refractivity contribution in [2.45, 2.75) is 50.3 Å². The maximum absolute atomic E-state index is 12.1. The largest absolute Gasteiger partial charge is 0.388 e. The Morgan fingerprint density at radius 1 is 1.56 bits per heavy atom. The van der Waals surface area contributed by atoms with Crippen LogP contribution in [-0.4, -0.2) is 49.0 Å². The minimum Gasteiger partial charge on any atom is -0.388 e. The number of carbonyl (C=O) groups is 1. The second-order valence-corrected chi connectivity index (χ2v) is 5.85. The van der Waals surface area contributed by atoms with E-state index >= 15 is 0 Å². The van der Waals surface area contributed by atoms with Gasteiger partial charge in [-0.05, 0) is 26.2 Å². The molecule has 4 atom stereocenters. The second-order valence-electron chi connectivity index (χ2n) is 5.85. The Labute approximate surface area is 108 Å². The molecule has 2 rings (SSSR count). The second kappa shape index (κ2) is 5.55. The van der Waals surface area contributed by atoms with Gasteiger partial charge in [0.2, 0.25) is 5.91 Å². The zero-order chi connectivity index (χ0) is 13.2. The number of carbonyl (C=O) groups excluding carboxylic acids is 1. The Hall–Kier alpha value is -0.650. The van der Waals surface area contributed by atoms with Crippen LogP contribution in [0.4, 0.5) is 0 Å². The summed E-state index contributed by atoms with van der Waals surface area (Å²) in [6.45, 7) is 2.52. The van der Waals surface area contributed by atoms with Crippen LogP contribution in [0.15, 0.2) is 0 Å². The molecule has 0 radical (unpaired) electrons. The number of rotatable bonds is 6. The van der Waals surface area contributed by atoms with E-state index in [0.717, 1.165) is 12.8 Å². The molecule has 0 aromatic rings. The molecule has 4 unspecified atom stereocenters. The fourth-order valence-electron chi connectivity index (χ4n) is 2.93. The maximum atomic E-state index is 12.1. The summed E-state index contributed by atoms with van der Waals surface area (Å²) in [4.78, 5) is 12.1. The Balaban J connectivity index is 1.74. The summed E-state index contributed by atoms with van der Waals surface area (Å²) in [6.07, 6.45) is 3.76. The molecule has 18 heavy (non-hydrogen) atoms. The number of methoxy groups -OCH3 is 1. The van der Waals surface area contributed by atoms with Gasteiger partial charge in [-0.1, -0.05) is 0 Å². The minimum atomic E-state index is -0.892. The van der Waals surface area contributed by atoms with Gasteiger partial charge in [0.25, 0.3) is 0 Å². The van der Waals surface area contributed by atoms with E-state index in [0.29, 0.717) is 31.7 Å². The van der Waals surface area contributed by atoms with Gasteiger partial charge in [-0.15, -0.1) is 0 Å². The number of aliphatic hydroxyl groups is 1. The van der Waals surface area contributed by atoms with Crippen LogP contribution in [0.25, 0.3) is 0 Å². The lowest BCUT2D eigenvalue weighted by molar-refractivity contribution is -0.126. The first-order valence-electron chi connectivity index (χ1n) is 6.77. The fourth-order valence-corrected chi connectivity index (χ4v) is 2.93. The molecule has 2 aliphatic rings. The Bertz CT molecular complexity index is 307. The van der Waals surface area contributed by atoms with Crippen LogP contribution in [-0.2, 0) is 9.53 Å². The van der Waals surface area contributed by atoms with Gasteiger partial charge in [0, 0.05) is 38.8 Å². The molecule has 2 aliphatic heterocycles. The third-order valence-corrected chi connectivity index (χ3v) is 4.13. The van der Waals surface area contributed by atoms with E-state index in [1.165, 1.54) is 6.42 Å². The quantitative estimate of drug-likeness (QED) is 0.627. The molecule has 1 amide bonds. The summed E-state index contributed by atoms with van der Waals surface area (Å²) in [5.41, 5.74) is -0.892. The number of nitrogens with one attached hydrogen (secondary N) is 2. The molecule has 0 spiro atoms. The predicted molar refractivity (Wildman–Crippen MR) is 68.2 cm³/mol. The molecular weight excluding hydrogens is 232 g/mol. The van der Waals surface area contributed by atoms with Crippen LogP contribution in [0.2, 0.25) is 0 Å². The number of hydrogen-bond donors (Lipinski definition) is 3. The van der Waals surface area contributed by atoms with E-state index in [4.69, 9.17) is 4.74 Å². The summed E-state index contributed by atoms with van der Waals surface area (Å²) in [6, 6.07) is 0.874. The molecule has 0 aromatic carbocycles. The molecular formula is C13H24N2O3. The third-order valence-electron chi connectivity index (χ3n) is 4.13. The lowest BCUT2D eigenvalue weighted by atomic mass is 9.88. The maximum Gasteiger partial charge on any atom is 0.224 e. The van der Waals surface area contributed by atoms with Crippen LogP contribution < -0.4 is 10.6 Å². The van der Waals surface area contributed by atoms with Crippen molar-refractivity contribution in [1.82, 2.24) is 10.6 Å². The van der Waals surface area contributed by atoms with Crippen molar-refractivity contribution in [3.63, 3.8) is 0 Å². The molecule has 5 heteroatoms. The monoisotopic (exact) mass is 256 g/mol. The Kier molecular flexibility index (Phi) is 4.25. The van der Waals surface area contributed by atoms with E-state index in [1.54, 1.807) is 14.0 Å². The molecule has 2 saturated heterocycles. The van der Waals surface area contributed by atoms with Gasteiger partial charge < -0.3 is 20.5 Å². The van der Waals surface area contributed by atoms with E-state index < -0.39 is 5.60 Å². The number of fused-ring (bicyclic) bond motifs is 2. The first-order chi connectivity index (χ1) is 8.52. The molecule has 0 aliphatic carbocycles. The topological polar surface area (TPSA) is 70.6 Å². The first-order valence-corrected chi connectivity index (χ1v) is 6.77. The SMILES string of the molecule is COCCC(C)(O)CNC(=O)C1CC2CCC1N2. The number of ether oxygens (including phenoxy) is 1. The van der Waals surface area contributed by atoms with Gasteiger partial charge in [-0.2, -0.15) is 0 Å². The lowest BCUT2D eigenvalue weighted by Gasteiger charge is -2.25. The van der Waals surface area contributed by atoms with E-state index in [2.05, 4.69) is 10.6 Å². The Morgan fingerprint density at radius 2 is 2.33 bits per heavy atom. The standard InChI is InChI=1S/C13H24N2O3/c1-13(17,5-6-18-2)8-14-12(16)10-7-9-3-4-11(10)15-9/h9-11,15,17H,3-8H2,1-2H3,(H,14,16). The molecule has 2 heterocycles. The lowest BCUT2D eigenvalue weighted by Crippen LogP contribution is -2.45. The van der Waals surface area contributed by atoms with Crippen LogP contribution in [0, 0.1) is 5.92 Å². The summed E-state index contributed by atoms with van der Waals surface area (Å²) in [7, 11) is 1.61. The van der Waals surface area contributed by atoms with Gasteiger partial charge >= 0.3 is 0 Å². The smallest absolute Gasteiger partial charge is 0.224 e. The molecule has 104 valence electrons. The van der Waals surface area contributed by atoms with E-state index in [1.807, 2.05) is 0 Å². The molecule has 2 bridgehead atoms. The van der Waals surface area contributed by atoms with Crippen LogP contribution in [0.1, 0.15) is 32.6 Å². The average molecular weight is 256 g/mol. The minimum absolute atomic E-state index is 0.0763. The van der Waals surface area contributed by atoms with Gasteiger partial charge in [-0.3, -0.25) is 4.79 Å². The van der Waals surface area contributed by atoms with Gasteiger partial charge in [0.1, 0.15) is 0 Å². The molecule has 0 saturated carbocycles. The van der Waals surface area contributed by atoms with Crippen LogP contribution in [0.5, 0.6) is 0 Å². The fraction of sp³-hybridized carbons (Fsp3) is 0.923. The predicted octanol–water partition coefficient (Wildman–Crippen LogP) is 0.0306. The zero-order valence-electron chi connectivity index (χ0n) is 11.2. The number of hydrogen-bond acceptors (Lipinski definition) is 4. The van der Waals surface area contributed by atoms with Crippen molar-refractivity contribution in [2.75, 3.05) is 20.3 Å². The van der Waals surface area contributed by atoms with Crippen LogP contribution in [0.3, 0.4) is 0 Å². The van der Waals surface area contributed by atoms with Gasteiger partial charge in [-0.25, -0.2) is 0 Å². The molecule has 0 aromatic heterocycles.